The lowest BCUT2D eigenvalue weighted by molar-refractivity contribution is -0.542. The van der Waals surface area contributed by atoms with Gasteiger partial charge in [0.2, 0.25) is 5.71 Å². The third-order valence-corrected chi connectivity index (χ3v) is 7.92. The van der Waals surface area contributed by atoms with Gasteiger partial charge in [0.05, 0.1) is 38.7 Å². The van der Waals surface area contributed by atoms with Crippen LogP contribution in [0.25, 0.3) is 10.9 Å². The van der Waals surface area contributed by atoms with Gasteiger partial charge in [0.1, 0.15) is 24.5 Å². The quantitative estimate of drug-likeness (QED) is 0.215. The molecule has 4 rings (SSSR count). The SMILES string of the molecule is CC[C@@H]1C[N+]2=C(c3[nH]c4cccc(OC)c4c3CC2)[C@@H](S(=O)(=O)O)[C@@H]1/C(=C/OC)C(=O)OC. The van der Waals surface area contributed by atoms with E-state index >= 15 is 0 Å². The summed E-state index contributed by atoms with van der Waals surface area (Å²) in [5.74, 6) is -1.06. The predicted octanol–water partition coefficient (Wildman–Crippen LogP) is 2.15. The Kier molecular flexibility index (Phi) is 6.24. The van der Waals surface area contributed by atoms with Crippen molar-refractivity contribution in [2.24, 2.45) is 11.8 Å². The van der Waals surface area contributed by atoms with Crippen molar-refractivity contribution < 1.29 is 36.6 Å². The Labute approximate surface area is 192 Å². The second-order valence-electron chi connectivity index (χ2n) is 8.37. The van der Waals surface area contributed by atoms with Crippen LogP contribution in [0.2, 0.25) is 0 Å². The molecule has 1 aromatic carbocycles. The Morgan fingerprint density at radius 2 is 2.06 bits per heavy atom. The molecule has 33 heavy (non-hydrogen) atoms. The van der Waals surface area contributed by atoms with Gasteiger partial charge >= 0.3 is 5.97 Å². The van der Waals surface area contributed by atoms with Crippen molar-refractivity contribution in [3.05, 3.63) is 41.3 Å². The molecule has 178 valence electrons. The van der Waals surface area contributed by atoms with Crippen LogP contribution in [0.3, 0.4) is 0 Å². The normalized spacial score (nSPS) is 23.2. The van der Waals surface area contributed by atoms with Crippen molar-refractivity contribution in [1.82, 2.24) is 4.98 Å². The maximum Gasteiger partial charge on any atom is 0.337 e. The first-order valence-corrected chi connectivity index (χ1v) is 12.3. The number of rotatable bonds is 6. The molecule has 0 fully saturated rings. The number of hydrogen-bond acceptors (Lipinski definition) is 6. The number of ether oxygens (including phenoxy) is 3. The summed E-state index contributed by atoms with van der Waals surface area (Å²) in [4.78, 5) is 16.0. The summed E-state index contributed by atoms with van der Waals surface area (Å²) >= 11 is 0. The zero-order chi connectivity index (χ0) is 23.9. The molecule has 3 heterocycles. The Bertz CT molecular complexity index is 1260. The number of methoxy groups -OCH3 is 3. The summed E-state index contributed by atoms with van der Waals surface area (Å²) in [6.07, 6.45) is 2.52. The molecule has 0 unspecified atom stereocenters. The van der Waals surface area contributed by atoms with E-state index in [1.807, 2.05) is 29.7 Å². The van der Waals surface area contributed by atoms with Crippen molar-refractivity contribution in [3.63, 3.8) is 0 Å². The minimum atomic E-state index is -4.62. The molecular formula is C23H29N2O7S+. The van der Waals surface area contributed by atoms with Crippen LogP contribution < -0.4 is 4.74 Å². The van der Waals surface area contributed by atoms with Gasteiger partial charge < -0.3 is 19.2 Å². The van der Waals surface area contributed by atoms with Crippen molar-refractivity contribution in [2.75, 3.05) is 34.4 Å². The molecule has 0 saturated heterocycles. The molecule has 0 spiro atoms. The first-order chi connectivity index (χ1) is 15.8. The van der Waals surface area contributed by atoms with Crippen LogP contribution in [0.1, 0.15) is 24.6 Å². The molecule has 0 amide bonds. The highest BCUT2D eigenvalue weighted by atomic mass is 32.2. The second-order valence-corrected chi connectivity index (χ2v) is 9.91. The molecule has 2 aromatic rings. The lowest BCUT2D eigenvalue weighted by Gasteiger charge is -2.36. The number of fused-ring (bicyclic) bond motifs is 4. The topological polar surface area (TPSA) is 118 Å². The minimum Gasteiger partial charge on any atom is -0.504 e. The predicted molar refractivity (Wildman–Crippen MR) is 122 cm³/mol. The summed E-state index contributed by atoms with van der Waals surface area (Å²) in [6.45, 7) is 3.06. The summed E-state index contributed by atoms with van der Waals surface area (Å²) in [5.41, 5.74) is 2.94. The lowest BCUT2D eigenvalue weighted by atomic mass is 9.76. The van der Waals surface area contributed by atoms with Crippen LogP contribution in [-0.4, -0.2) is 73.9 Å². The standard InChI is InChI=1S/C23H28N2O7S/c1-5-13-11-25-10-9-14-19-16(7-6-8-17(19)31-3)24-20(14)21(25)22(33(27,28)29)18(13)15(12-30-2)23(26)32-4/h6-8,12-13,18,22H,5,9-11H2,1-4H3,(H,27,28,29)/p+1/b15-12-/t13-,18+,22+/m1/s1. The number of esters is 1. The number of hydrogen-bond donors (Lipinski definition) is 2. The number of carbonyl (C=O) groups excluding carboxylic acids is 1. The smallest absolute Gasteiger partial charge is 0.337 e. The molecule has 3 atom stereocenters. The molecule has 1 aromatic heterocycles. The van der Waals surface area contributed by atoms with Gasteiger partial charge in [-0.15, -0.1) is 0 Å². The van der Waals surface area contributed by atoms with Crippen molar-refractivity contribution in [3.8, 4) is 5.75 Å². The minimum absolute atomic E-state index is 0.0856. The van der Waals surface area contributed by atoms with Gasteiger partial charge in [-0.2, -0.15) is 8.42 Å². The monoisotopic (exact) mass is 477 g/mol. The van der Waals surface area contributed by atoms with Crippen molar-refractivity contribution in [1.29, 1.82) is 0 Å². The highest BCUT2D eigenvalue weighted by Gasteiger charge is 2.55. The summed E-state index contributed by atoms with van der Waals surface area (Å²) in [5, 5.41) is -0.471. The lowest BCUT2D eigenvalue weighted by Crippen LogP contribution is -2.55. The van der Waals surface area contributed by atoms with Crippen LogP contribution in [0, 0.1) is 11.8 Å². The number of carbonyl (C=O) groups is 1. The van der Waals surface area contributed by atoms with E-state index in [4.69, 9.17) is 14.2 Å². The fraction of sp³-hybridized carbons (Fsp3) is 0.478. The van der Waals surface area contributed by atoms with E-state index in [0.29, 0.717) is 43.1 Å². The van der Waals surface area contributed by atoms with Crippen LogP contribution in [0.4, 0.5) is 0 Å². The van der Waals surface area contributed by atoms with E-state index in [1.165, 1.54) is 20.5 Å². The average Bonchev–Trinajstić information content (AvgIpc) is 3.19. The van der Waals surface area contributed by atoms with Gasteiger partial charge in [-0.25, -0.2) is 9.37 Å². The van der Waals surface area contributed by atoms with E-state index in [2.05, 4.69) is 4.98 Å². The van der Waals surface area contributed by atoms with E-state index in [0.717, 1.165) is 16.5 Å². The highest BCUT2D eigenvalue weighted by molar-refractivity contribution is 7.87. The Balaban J connectivity index is 2.00. The molecule has 0 saturated carbocycles. The van der Waals surface area contributed by atoms with Crippen molar-refractivity contribution in [2.45, 2.75) is 25.0 Å². The van der Waals surface area contributed by atoms with Crippen LogP contribution in [0.15, 0.2) is 30.0 Å². The Morgan fingerprint density at radius 3 is 2.67 bits per heavy atom. The highest BCUT2D eigenvalue weighted by Crippen LogP contribution is 2.41. The number of H-pyrrole nitrogens is 1. The molecule has 9 nitrogen and oxygen atoms in total. The maximum absolute atomic E-state index is 12.9. The van der Waals surface area contributed by atoms with E-state index in [1.54, 1.807) is 7.11 Å². The van der Waals surface area contributed by atoms with Gasteiger partial charge in [0, 0.05) is 29.2 Å². The van der Waals surface area contributed by atoms with E-state index < -0.39 is 27.3 Å². The summed E-state index contributed by atoms with van der Waals surface area (Å²) < 4.78 is 54.0. The molecule has 0 radical (unpaired) electrons. The van der Waals surface area contributed by atoms with Crippen LogP contribution in [-0.2, 0) is 30.8 Å². The maximum atomic E-state index is 12.9. The van der Waals surface area contributed by atoms with Crippen LogP contribution in [0.5, 0.6) is 5.75 Å². The fourth-order valence-electron chi connectivity index (χ4n) is 5.41. The molecule has 0 bridgehead atoms. The summed E-state index contributed by atoms with van der Waals surface area (Å²) in [6, 6.07) is 5.63. The van der Waals surface area contributed by atoms with Gasteiger partial charge in [-0.3, -0.25) is 4.55 Å². The molecule has 2 aliphatic heterocycles. The molecule has 2 aliphatic rings. The number of aromatic amines is 1. The van der Waals surface area contributed by atoms with E-state index in [-0.39, 0.29) is 11.5 Å². The second kappa shape index (κ2) is 8.83. The van der Waals surface area contributed by atoms with Crippen LogP contribution >= 0.6 is 0 Å². The fourth-order valence-corrected chi connectivity index (χ4v) is 6.69. The Morgan fingerprint density at radius 1 is 1.30 bits per heavy atom. The molecule has 10 heteroatoms. The zero-order valence-corrected chi connectivity index (χ0v) is 19.9. The van der Waals surface area contributed by atoms with Crippen molar-refractivity contribution >= 4 is 32.7 Å². The van der Waals surface area contributed by atoms with Gasteiger partial charge in [-0.05, 0) is 18.6 Å². The largest absolute Gasteiger partial charge is 0.504 e. The summed E-state index contributed by atoms with van der Waals surface area (Å²) in [7, 11) is -0.406. The first-order valence-electron chi connectivity index (χ1n) is 10.8. The molecule has 2 N–H and O–H groups in total. The van der Waals surface area contributed by atoms with Gasteiger partial charge in [-0.1, -0.05) is 13.0 Å². The molecular weight excluding hydrogens is 448 g/mol. The third-order valence-electron chi connectivity index (χ3n) is 6.77. The third kappa shape index (κ3) is 3.80. The number of benzene rings is 1. The van der Waals surface area contributed by atoms with Gasteiger partial charge in [0.25, 0.3) is 10.1 Å². The molecule has 0 aliphatic carbocycles. The first kappa shape index (κ1) is 23.3. The van der Waals surface area contributed by atoms with Gasteiger partial charge in [0.15, 0.2) is 5.25 Å². The zero-order valence-electron chi connectivity index (χ0n) is 19.1. The number of nitrogens with one attached hydrogen (secondary N) is 1. The average molecular weight is 478 g/mol. The number of aromatic nitrogens is 1. The van der Waals surface area contributed by atoms with E-state index in [9.17, 15) is 17.8 Å². The Hall–Kier alpha value is -2.85. The number of nitrogens with zero attached hydrogens (tertiary/aromatic N) is 1.